The van der Waals surface area contributed by atoms with E-state index in [0.29, 0.717) is 0 Å². The van der Waals surface area contributed by atoms with Gasteiger partial charge in [-0.15, -0.1) is 0 Å². The number of fused-ring (bicyclic) bond motifs is 8. The average molecular weight is 754 g/mol. The van der Waals surface area contributed by atoms with Gasteiger partial charge in [0.1, 0.15) is 16.7 Å². The number of rotatable bonds is 6. The van der Waals surface area contributed by atoms with E-state index in [0.717, 1.165) is 88.8 Å². The molecule has 0 unspecified atom stereocenters. The van der Waals surface area contributed by atoms with E-state index in [1.165, 1.54) is 27.1 Å². The first-order chi connectivity index (χ1) is 29.3. The highest BCUT2D eigenvalue weighted by atomic mass is 16.3. The average Bonchev–Trinajstić information content (AvgIpc) is 3.88. The van der Waals surface area contributed by atoms with Crippen LogP contribution < -0.4 is 4.90 Å². The minimum atomic E-state index is 0.836. The SMILES string of the molecule is c1ccc(-c2ccc(N(c3ccc(-c4cccc5c4oc4ccccc45)cc3)c3cccc4c3oc3c(-c5cccc6ccccc56)c5ccccc5cc34)cc2)cc1. The fourth-order valence-corrected chi connectivity index (χ4v) is 9.09. The van der Waals surface area contributed by atoms with Crippen LogP contribution in [-0.4, -0.2) is 0 Å². The second kappa shape index (κ2) is 13.4. The van der Waals surface area contributed by atoms with Crippen molar-refractivity contribution < 1.29 is 8.83 Å². The molecule has 3 nitrogen and oxygen atoms in total. The third kappa shape index (κ3) is 5.36. The molecule has 0 aliphatic rings. The molecule has 3 heteroatoms. The predicted octanol–water partition coefficient (Wildman–Crippen LogP) is 16.3. The van der Waals surface area contributed by atoms with E-state index in [2.05, 4.69) is 205 Å². The quantitative estimate of drug-likeness (QED) is 0.169. The highest BCUT2D eigenvalue weighted by Gasteiger charge is 2.23. The lowest BCUT2D eigenvalue weighted by Crippen LogP contribution is -2.10. The Hall–Kier alpha value is -7.88. The largest absolute Gasteiger partial charge is 0.455 e. The fourth-order valence-electron chi connectivity index (χ4n) is 9.09. The van der Waals surface area contributed by atoms with Gasteiger partial charge in [0, 0.05) is 44.0 Å². The van der Waals surface area contributed by atoms with Crippen molar-refractivity contribution in [1.82, 2.24) is 0 Å². The maximum absolute atomic E-state index is 7.26. The van der Waals surface area contributed by atoms with E-state index in [1.807, 2.05) is 12.1 Å². The Bertz CT molecular complexity index is 3540. The number of hydrogen-bond donors (Lipinski definition) is 0. The van der Waals surface area contributed by atoms with Crippen molar-refractivity contribution in [2.75, 3.05) is 4.90 Å². The van der Waals surface area contributed by atoms with Crippen molar-refractivity contribution in [1.29, 1.82) is 0 Å². The van der Waals surface area contributed by atoms with Gasteiger partial charge in [0.2, 0.25) is 0 Å². The molecule has 0 saturated heterocycles. The third-order valence-corrected chi connectivity index (χ3v) is 11.9. The lowest BCUT2D eigenvalue weighted by atomic mass is 9.92. The van der Waals surface area contributed by atoms with E-state index in [-0.39, 0.29) is 0 Å². The van der Waals surface area contributed by atoms with E-state index >= 15 is 0 Å². The molecule has 0 fully saturated rings. The van der Waals surface area contributed by atoms with E-state index in [1.54, 1.807) is 0 Å². The Labute approximate surface area is 340 Å². The molecule has 0 radical (unpaired) electrons. The van der Waals surface area contributed by atoms with Gasteiger partial charge >= 0.3 is 0 Å². The molecule has 0 N–H and O–H groups in total. The number of benzene rings is 10. The van der Waals surface area contributed by atoms with Crippen LogP contribution in [0.3, 0.4) is 0 Å². The van der Waals surface area contributed by atoms with Gasteiger partial charge in [-0.1, -0.05) is 170 Å². The minimum Gasteiger partial charge on any atom is -0.455 e. The zero-order valence-corrected chi connectivity index (χ0v) is 32.0. The van der Waals surface area contributed by atoms with E-state index in [9.17, 15) is 0 Å². The van der Waals surface area contributed by atoms with E-state index in [4.69, 9.17) is 8.83 Å². The molecule has 0 spiro atoms. The van der Waals surface area contributed by atoms with Crippen molar-refractivity contribution >= 4 is 82.5 Å². The van der Waals surface area contributed by atoms with Gasteiger partial charge in [-0.05, 0) is 86.3 Å². The van der Waals surface area contributed by atoms with Gasteiger partial charge in [0.25, 0.3) is 0 Å². The molecule has 12 aromatic rings. The van der Waals surface area contributed by atoms with Gasteiger partial charge in [0.15, 0.2) is 5.58 Å². The summed E-state index contributed by atoms with van der Waals surface area (Å²) in [5, 5.41) is 9.16. The van der Waals surface area contributed by atoms with Crippen molar-refractivity contribution in [3.8, 4) is 33.4 Å². The molecule has 0 atom stereocenters. The first kappa shape index (κ1) is 33.3. The predicted molar refractivity (Wildman–Crippen MR) is 247 cm³/mol. The summed E-state index contributed by atoms with van der Waals surface area (Å²) in [6, 6.07) is 75.5. The van der Waals surface area contributed by atoms with Gasteiger partial charge in [-0.3, -0.25) is 0 Å². The van der Waals surface area contributed by atoms with Crippen molar-refractivity contribution in [2.45, 2.75) is 0 Å². The van der Waals surface area contributed by atoms with Crippen molar-refractivity contribution in [3.05, 3.63) is 212 Å². The topological polar surface area (TPSA) is 29.5 Å². The normalized spacial score (nSPS) is 11.7. The molecule has 0 aliphatic heterocycles. The van der Waals surface area contributed by atoms with Crippen LogP contribution >= 0.6 is 0 Å². The van der Waals surface area contributed by atoms with E-state index < -0.39 is 0 Å². The van der Waals surface area contributed by atoms with Crippen LogP contribution in [0.1, 0.15) is 0 Å². The van der Waals surface area contributed by atoms with Gasteiger partial charge in [0.05, 0.1) is 5.69 Å². The first-order valence-electron chi connectivity index (χ1n) is 20.1. The molecule has 0 amide bonds. The van der Waals surface area contributed by atoms with Crippen LogP contribution in [0.15, 0.2) is 221 Å². The molecule has 2 heterocycles. The highest BCUT2D eigenvalue weighted by molar-refractivity contribution is 6.22. The molecule has 12 rings (SSSR count). The number of para-hydroxylation sites is 3. The monoisotopic (exact) mass is 753 g/mol. The highest BCUT2D eigenvalue weighted by Crippen LogP contribution is 2.48. The molecule has 10 aromatic carbocycles. The fraction of sp³-hybridized carbons (Fsp3) is 0. The van der Waals surface area contributed by atoms with Crippen LogP contribution in [0.4, 0.5) is 17.1 Å². The molecular formula is C56H35NO2. The smallest absolute Gasteiger partial charge is 0.159 e. The number of furan rings is 2. The van der Waals surface area contributed by atoms with Gasteiger partial charge < -0.3 is 13.7 Å². The first-order valence-corrected chi connectivity index (χ1v) is 20.1. The van der Waals surface area contributed by atoms with Crippen LogP contribution in [0, 0.1) is 0 Å². The maximum atomic E-state index is 7.26. The van der Waals surface area contributed by atoms with Crippen LogP contribution in [0.2, 0.25) is 0 Å². The van der Waals surface area contributed by atoms with Crippen LogP contribution in [0.5, 0.6) is 0 Å². The van der Waals surface area contributed by atoms with Crippen LogP contribution in [-0.2, 0) is 0 Å². The standard InChI is InChI=1S/C56H35NO2/c1-2-13-36(14-3-1)37-27-31-41(32-28-37)57(42-33-29-39(30-34-42)45-21-11-23-48-46-20-8-9-26-52(46)58-54(45)48)51-25-12-24-49-50-35-40-16-5-7-19-44(40)53(56(50)59-55(49)51)47-22-10-17-38-15-4-6-18-43(38)47/h1-35H. The Morgan fingerprint density at radius 2 is 0.864 bits per heavy atom. The second-order valence-electron chi connectivity index (χ2n) is 15.2. The summed E-state index contributed by atoms with van der Waals surface area (Å²) >= 11 is 0. The molecular weight excluding hydrogens is 719 g/mol. The third-order valence-electron chi connectivity index (χ3n) is 11.9. The van der Waals surface area contributed by atoms with Crippen molar-refractivity contribution in [3.63, 3.8) is 0 Å². The summed E-state index contributed by atoms with van der Waals surface area (Å²) in [7, 11) is 0. The number of hydrogen-bond acceptors (Lipinski definition) is 3. The lowest BCUT2D eigenvalue weighted by Gasteiger charge is -2.26. The Kier molecular flexibility index (Phi) is 7.54. The Morgan fingerprint density at radius 1 is 0.305 bits per heavy atom. The molecule has 0 bridgehead atoms. The van der Waals surface area contributed by atoms with Gasteiger partial charge in [-0.25, -0.2) is 0 Å². The maximum Gasteiger partial charge on any atom is 0.159 e. The number of anilines is 3. The zero-order chi connectivity index (χ0) is 38.9. The molecule has 59 heavy (non-hydrogen) atoms. The lowest BCUT2D eigenvalue weighted by molar-refractivity contribution is 0.670. The summed E-state index contributed by atoms with van der Waals surface area (Å²) in [5.41, 5.74) is 13.3. The number of nitrogens with zero attached hydrogens (tertiary/aromatic N) is 1. The van der Waals surface area contributed by atoms with Crippen molar-refractivity contribution in [2.24, 2.45) is 0 Å². The summed E-state index contributed by atoms with van der Waals surface area (Å²) < 4.78 is 13.7. The van der Waals surface area contributed by atoms with Gasteiger partial charge in [-0.2, -0.15) is 0 Å². The molecule has 0 aliphatic carbocycles. The summed E-state index contributed by atoms with van der Waals surface area (Å²) in [6.07, 6.45) is 0. The Balaban J connectivity index is 1.07. The molecule has 276 valence electrons. The Morgan fingerprint density at radius 3 is 1.66 bits per heavy atom. The summed E-state index contributed by atoms with van der Waals surface area (Å²) in [5.74, 6) is 0. The molecule has 2 aromatic heterocycles. The summed E-state index contributed by atoms with van der Waals surface area (Å²) in [4.78, 5) is 2.32. The minimum absolute atomic E-state index is 0.836. The second-order valence-corrected chi connectivity index (χ2v) is 15.2. The zero-order valence-electron chi connectivity index (χ0n) is 32.0. The molecule has 0 saturated carbocycles. The van der Waals surface area contributed by atoms with Crippen LogP contribution in [0.25, 0.3) is 98.8 Å². The summed E-state index contributed by atoms with van der Waals surface area (Å²) in [6.45, 7) is 0.